The summed E-state index contributed by atoms with van der Waals surface area (Å²) >= 11 is 0. The van der Waals surface area contributed by atoms with Crippen molar-refractivity contribution in [3.05, 3.63) is 60.2 Å². The number of nitrogens with one attached hydrogen (secondary N) is 1. The minimum absolute atomic E-state index is 0.0907. The van der Waals surface area contributed by atoms with Crippen LogP contribution in [0.5, 0.6) is 0 Å². The largest absolute Gasteiger partial charge is 0.291 e. The van der Waals surface area contributed by atoms with Crippen LogP contribution >= 0.6 is 0 Å². The van der Waals surface area contributed by atoms with Gasteiger partial charge < -0.3 is 0 Å². The standard InChI is InChI=1S/C13H13NO3S/c15-14-12-6-4-5-11(9-12)10-18(16,17)13-7-2-1-3-8-13/h1-9,14-15H,10H2. The molecule has 0 spiro atoms. The molecule has 0 amide bonds. The van der Waals surface area contributed by atoms with E-state index >= 15 is 0 Å². The van der Waals surface area contributed by atoms with Gasteiger partial charge in [0.05, 0.1) is 16.3 Å². The summed E-state index contributed by atoms with van der Waals surface area (Å²) in [6.45, 7) is 0. The maximum atomic E-state index is 12.1. The van der Waals surface area contributed by atoms with E-state index in [0.717, 1.165) is 0 Å². The molecule has 0 saturated carbocycles. The Morgan fingerprint density at radius 2 is 1.72 bits per heavy atom. The maximum Gasteiger partial charge on any atom is 0.182 e. The van der Waals surface area contributed by atoms with E-state index in [0.29, 0.717) is 16.1 Å². The molecule has 0 atom stereocenters. The van der Waals surface area contributed by atoms with E-state index in [9.17, 15) is 8.42 Å². The third-order valence-corrected chi connectivity index (χ3v) is 4.22. The van der Waals surface area contributed by atoms with Gasteiger partial charge in [-0.2, -0.15) is 0 Å². The van der Waals surface area contributed by atoms with Gasteiger partial charge in [0.2, 0.25) is 0 Å². The third-order valence-electron chi connectivity index (χ3n) is 2.52. The van der Waals surface area contributed by atoms with Gasteiger partial charge in [-0.25, -0.2) is 8.42 Å². The molecule has 4 nitrogen and oxygen atoms in total. The van der Waals surface area contributed by atoms with Gasteiger partial charge in [0, 0.05) is 0 Å². The van der Waals surface area contributed by atoms with Crippen LogP contribution in [0.15, 0.2) is 59.5 Å². The minimum atomic E-state index is -3.35. The van der Waals surface area contributed by atoms with Gasteiger partial charge in [0.15, 0.2) is 9.84 Å². The molecular formula is C13H13NO3S. The Bertz CT molecular complexity index is 624. The summed E-state index contributed by atoms with van der Waals surface area (Å²) in [6, 6.07) is 15.0. The number of anilines is 1. The van der Waals surface area contributed by atoms with E-state index in [-0.39, 0.29) is 5.75 Å². The van der Waals surface area contributed by atoms with E-state index in [1.807, 2.05) is 5.48 Å². The third kappa shape index (κ3) is 2.88. The van der Waals surface area contributed by atoms with Crippen molar-refractivity contribution < 1.29 is 13.6 Å². The SMILES string of the molecule is O=S(=O)(Cc1cccc(NO)c1)c1ccccc1. The molecule has 2 N–H and O–H groups in total. The van der Waals surface area contributed by atoms with Crippen LogP contribution in [0.1, 0.15) is 5.56 Å². The monoisotopic (exact) mass is 263 g/mol. The quantitative estimate of drug-likeness (QED) is 0.832. The first-order valence-electron chi connectivity index (χ1n) is 5.39. The fourth-order valence-electron chi connectivity index (χ4n) is 1.66. The van der Waals surface area contributed by atoms with Crippen LogP contribution in [0.3, 0.4) is 0 Å². The Kier molecular flexibility index (Phi) is 3.64. The van der Waals surface area contributed by atoms with Gasteiger partial charge in [-0.3, -0.25) is 10.7 Å². The average molecular weight is 263 g/mol. The fourth-order valence-corrected chi connectivity index (χ4v) is 3.02. The van der Waals surface area contributed by atoms with Crippen LogP contribution in [-0.2, 0) is 15.6 Å². The molecule has 5 heteroatoms. The van der Waals surface area contributed by atoms with Crippen molar-refractivity contribution in [2.45, 2.75) is 10.6 Å². The lowest BCUT2D eigenvalue weighted by Crippen LogP contribution is -2.05. The topological polar surface area (TPSA) is 66.4 Å². The first-order chi connectivity index (χ1) is 8.62. The summed E-state index contributed by atoms with van der Waals surface area (Å²) in [5, 5.41) is 8.78. The summed E-state index contributed by atoms with van der Waals surface area (Å²) in [5.74, 6) is -0.0907. The highest BCUT2D eigenvalue weighted by Gasteiger charge is 2.14. The van der Waals surface area contributed by atoms with Crippen molar-refractivity contribution in [1.82, 2.24) is 0 Å². The average Bonchev–Trinajstić information content (AvgIpc) is 2.39. The molecule has 2 aromatic rings. The Labute approximate surface area is 106 Å². The lowest BCUT2D eigenvalue weighted by molar-refractivity contribution is 0.389. The molecule has 0 bridgehead atoms. The second kappa shape index (κ2) is 5.20. The number of rotatable bonds is 4. The number of benzene rings is 2. The van der Waals surface area contributed by atoms with Gasteiger partial charge in [0.25, 0.3) is 0 Å². The second-order valence-electron chi connectivity index (χ2n) is 3.88. The van der Waals surface area contributed by atoms with Crippen molar-refractivity contribution in [1.29, 1.82) is 0 Å². The van der Waals surface area contributed by atoms with Crippen LogP contribution in [-0.4, -0.2) is 13.6 Å². The van der Waals surface area contributed by atoms with Crippen molar-refractivity contribution in [2.75, 3.05) is 5.48 Å². The lowest BCUT2D eigenvalue weighted by atomic mass is 10.2. The van der Waals surface area contributed by atoms with Gasteiger partial charge in [0.1, 0.15) is 0 Å². The Balaban J connectivity index is 2.28. The van der Waals surface area contributed by atoms with Crippen LogP contribution in [0.2, 0.25) is 0 Å². The molecule has 0 aliphatic rings. The highest BCUT2D eigenvalue weighted by Crippen LogP contribution is 2.18. The maximum absolute atomic E-state index is 12.1. The van der Waals surface area contributed by atoms with Gasteiger partial charge in [-0.15, -0.1) is 0 Å². The van der Waals surface area contributed by atoms with Crippen LogP contribution in [0.25, 0.3) is 0 Å². The lowest BCUT2D eigenvalue weighted by Gasteiger charge is -2.06. The predicted octanol–water partition coefficient (Wildman–Crippen LogP) is 2.46. The second-order valence-corrected chi connectivity index (χ2v) is 5.87. The zero-order valence-electron chi connectivity index (χ0n) is 9.58. The fraction of sp³-hybridized carbons (Fsp3) is 0.0769. The van der Waals surface area contributed by atoms with Gasteiger partial charge >= 0.3 is 0 Å². The normalized spacial score (nSPS) is 11.2. The zero-order valence-corrected chi connectivity index (χ0v) is 10.4. The summed E-state index contributed by atoms with van der Waals surface area (Å²) in [4.78, 5) is 0.298. The summed E-state index contributed by atoms with van der Waals surface area (Å²) < 4.78 is 24.2. The van der Waals surface area contributed by atoms with Crippen molar-refractivity contribution >= 4 is 15.5 Å². The van der Waals surface area contributed by atoms with E-state index in [1.54, 1.807) is 54.6 Å². The summed E-state index contributed by atoms with van der Waals surface area (Å²) in [7, 11) is -3.35. The predicted molar refractivity (Wildman–Crippen MR) is 69.2 cm³/mol. The first kappa shape index (κ1) is 12.6. The molecule has 0 aromatic heterocycles. The molecule has 0 aliphatic heterocycles. The summed E-state index contributed by atoms with van der Waals surface area (Å²) in [6.07, 6.45) is 0. The van der Waals surface area contributed by atoms with E-state index < -0.39 is 9.84 Å². The number of sulfone groups is 1. The van der Waals surface area contributed by atoms with E-state index in [4.69, 9.17) is 5.21 Å². The molecule has 0 saturated heterocycles. The number of hydrogen-bond donors (Lipinski definition) is 2. The highest BCUT2D eigenvalue weighted by atomic mass is 32.2. The number of hydrogen-bond acceptors (Lipinski definition) is 4. The Morgan fingerprint density at radius 3 is 2.39 bits per heavy atom. The molecule has 94 valence electrons. The highest BCUT2D eigenvalue weighted by molar-refractivity contribution is 7.90. The van der Waals surface area contributed by atoms with Crippen molar-refractivity contribution in [3.63, 3.8) is 0 Å². The Hall–Kier alpha value is -1.85. The van der Waals surface area contributed by atoms with Gasteiger partial charge in [-0.05, 0) is 29.8 Å². The van der Waals surface area contributed by atoms with E-state index in [1.165, 1.54) is 0 Å². The van der Waals surface area contributed by atoms with Crippen LogP contribution in [0.4, 0.5) is 5.69 Å². The molecule has 0 radical (unpaired) electrons. The van der Waals surface area contributed by atoms with Crippen LogP contribution in [0, 0.1) is 0 Å². The van der Waals surface area contributed by atoms with Crippen molar-refractivity contribution in [3.8, 4) is 0 Å². The summed E-state index contributed by atoms with van der Waals surface area (Å²) in [5.41, 5.74) is 3.09. The molecular weight excluding hydrogens is 250 g/mol. The molecule has 0 heterocycles. The molecule has 18 heavy (non-hydrogen) atoms. The molecule has 0 aliphatic carbocycles. The molecule has 0 unspecified atom stereocenters. The minimum Gasteiger partial charge on any atom is -0.291 e. The molecule has 2 aromatic carbocycles. The van der Waals surface area contributed by atoms with E-state index in [2.05, 4.69) is 0 Å². The zero-order chi connectivity index (χ0) is 13.0. The smallest absolute Gasteiger partial charge is 0.182 e. The molecule has 0 fully saturated rings. The molecule has 2 rings (SSSR count). The first-order valence-corrected chi connectivity index (χ1v) is 7.04. The Morgan fingerprint density at radius 1 is 1.00 bits per heavy atom. The van der Waals surface area contributed by atoms with Crippen LogP contribution < -0.4 is 5.48 Å². The van der Waals surface area contributed by atoms with Crippen molar-refractivity contribution in [2.24, 2.45) is 0 Å². The van der Waals surface area contributed by atoms with Gasteiger partial charge in [-0.1, -0.05) is 30.3 Å².